The second kappa shape index (κ2) is 10.0. The van der Waals surface area contributed by atoms with Gasteiger partial charge in [-0.2, -0.15) is 0 Å². The van der Waals surface area contributed by atoms with Gasteiger partial charge in [-0.1, -0.05) is 60.7 Å². The number of hydrogen-bond acceptors (Lipinski definition) is 3. The van der Waals surface area contributed by atoms with Crippen LogP contribution in [0.3, 0.4) is 0 Å². The number of hydrogen-bond donors (Lipinski definition) is 0. The Morgan fingerprint density at radius 1 is 0.676 bits per heavy atom. The van der Waals surface area contributed by atoms with Crippen LogP contribution in [0.25, 0.3) is 10.8 Å². The highest BCUT2D eigenvalue weighted by molar-refractivity contribution is 6.03. The van der Waals surface area contributed by atoms with E-state index >= 15 is 0 Å². The van der Waals surface area contributed by atoms with Crippen molar-refractivity contribution in [2.24, 2.45) is 4.99 Å². The van der Waals surface area contributed by atoms with E-state index in [-0.39, 0.29) is 5.82 Å². The Morgan fingerprint density at radius 3 is 2.18 bits per heavy atom. The molecule has 0 radical (unpaired) electrons. The van der Waals surface area contributed by atoms with Gasteiger partial charge < -0.3 is 9.47 Å². The molecule has 0 aliphatic heterocycles. The summed E-state index contributed by atoms with van der Waals surface area (Å²) in [6.45, 7) is 0.338. The summed E-state index contributed by atoms with van der Waals surface area (Å²) in [5.41, 5.74) is 2.59. The molecule has 0 N–H and O–H groups in total. The Labute approximate surface area is 197 Å². The van der Waals surface area contributed by atoms with Gasteiger partial charge in [0.05, 0.1) is 5.69 Å². The van der Waals surface area contributed by atoms with Gasteiger partial charge in [-0.25, -0.2) is 4.39 Å². The van der Waals surface area contributed by atoms with Gasteiger partial charge in [0.15, 0.2) is 0 Å². The summed E-state index contributed by atoms with van der Waals surface area (Å²) in [6.07, 6.45) is 1.83. The normalized spacial score (nSPS) is 11.1. The van der Waals surface area contributed by atoms with Crippen LogP contribution in [0, 0.1) is 5.82 Å². The summed E-state index contributed by atoms with van der Waals surface area (Å²) in [6, 6.07) is 35.7. The zero-order valence-electron chi connectivity index (χ0n) is 18.4. The van der Waals surface area contributed by atoms with Gasteiger partial charge in [0.2, 0.25) is 0 Å². The fourth-order valence-electron chi connectivity index (χ4n) is 3.64. The van der Waals surface area contributed by atoms with Crippen LogP contribution < -0.4 is 9.47 Å². The third-order valence-electron chi connectivity index (χ3n) is 5.40. The molecule has 0 amide bonds. The highest BCUT2D eigenvalue weighted by atomic mass is 19.1. The van der Waals surface area contributed by atoms with E-state index < -0.39 is 0 Å². The smallest absolute Gasteiger partial charge is 0.129 e. The number of halogens is 1. The molecule has 5 aromatic rings. The van der Waals surface area contributed by atoms with Gasteiger partial charge in [-0.3, -0.25) is 4.99 Å². The maximum absolute atomic E-state index is 13.2. The molecule has 0 saturated carbocycles. The predicted molar refractivity (Wildman–Crippen MR) is 135 cm³/mol. The minimum absolute atomic E-state index is 0.262. The average Bonchev–Trinajstić information content (AvgIpc) is 2.89. The Kier molecular flexibility index (Phi) is 6.30. The molecule has 3 nitrogen and oxygen atoms in total. The highest BCUT2D eigenvalue weighted by Gasteiger charge is 2.08. The standard InChI is InChI=1S/C30H22FNO2/c31-24-13-10-22(11-14-24)21-33-30-19-12-23-6-4-5-9-28(23)29(30)20-32-25-15-17-27(18-16-25)34-26-7-2-1-3-8-26/h1-20H,21H2. The van der Waals surface area contributed by atoms with E-state index in [1.807, 2.05) is 85.1 Å². The van der Waals surface area contributed by atoms with Gasteiger partial charge in [0.1, 0.15) is 29.7 Å². The van der Waals surface area contributed by atoms with Crippen LogP contribution in [0.2, 0.25) is 0 Å². The molecular weight excluding hydrogens is 425 g/mol. The molecule has 0 atom stereocenters. The van der Waals surface area contributed by atoms with Crippen molar-refractivity contribution < 1.29 is 13.9 Å². The molecule has 0 aliphatic carbocycles. The van der Waals surface area contributed by atoms with Gasteiger partial charge in [-0.05, 0) is 70.9 Å². The second-order valence-electron chi connectivity index (χ2n) is 7.78. The molecule has 0 spiro atoms. The van der Waals surface area contributed by atoms with Crippen LogP contribution >= 0.6 is 0 Å². The van der Waals surface area contributed by atoms with Crippen LogP contribution in [0.15, 0.2) is 120 Å². The van der Waals surface area contributed by atoms with Crippen LogP contribution in [-0.2, 0) is 6.61 Å². The van der Waals surface area contributed by atoms with E-state index in [2.05, 4.69) is 12.1 Å². The molecule has 0 bridgehead atoms. The maximum atomic E-state index is 13.2. The zero-order valence-corrected chi connectivity index (χ0v) is 18.4. The number of rotatable bonds is 7. The van der Waals surface area contributed by atoms with Crippen molar-refractivity contribution in [1.82, 2.24) is 0 Å². The number of aliphatic imine (C=N–C) groups is 1. The van der Waals surface area contributed by atoms with E-state index in [9.17, 15) is 4.39 Å². The topological polar surface area (TPSA) is 30.8 Å². The van der Waals surface area contributed by atoms with Crippen LogP contribution in [-0.4, -0.2) is 6.21 Å². The number of para-hydroxylation sites is 1. The molecule has 0 aromatic heterocycles. The third kappa shape index (κ3) is 5.13. The molecular formula is C30H22FNO2. The predicted octanol–water partition coefficient (Wildman–Crippen LogP) is 8.10. The van der Waals surface area contributed by atoms with Crippen LogP contribution in [0.5, 0.6) is 17.2 Å². The van der Waals surface area contributed by atoms with Gasteiger partial charge in [0.25, 0.3) is 0 Å². The van der Waals surface area contributed by atoms with Crippen molar-refractivity contribution in [3.63, 3.8) is 0 Å². The highest BCUT2D eigenvalue weighted by Crippen LogP contribution is 2.29. The number of nitrogens with zero attached hydrogens (tertiary/aromatic N) is 1. The molecule has 34 heavy (non-hydrogen) atoms. The molecule has 5 rings (SSSR count). The molecule has 0 aliphatic rings. The van der Waals surface area contributed by atoms with E-state index in [0.29, 0.717) is 6.61 Å². The summed E-state index contributed by atoms with van der Waals surface area (Å²) in [7, 11) is 0. The molecule has 0 saturated heterocycles. The van der Waals surface area contributed by atoms with Crippen LogP contribution in [0.1, 0.15) is 11.1 Å². The Balaban J connectivity index is 1.39. The molecule has 0 heterocycles. The van der Waals surface area contributed by atoms with Gasteiger partial charge in [0, 0.05) is 11.8 Å². The summed E-state index contributed by atoms with van der Waals surface area (Å²) in [5, 5.41) is 2.15. The summed E-state index contributed by atoms with van der Waals surface area (Å²) in [4.78, 5) is 4.69. The number of fused-ring (bicyclic) bond motifs is 1. The van der Waals surface area contributed by atoms with Gasteiger partial charge in [-0.15, -0.1) is 0 Å². The zero-order chi connectivity index (χ0) is 23.2. The van der Waals surface area contributed by atoms with E-state index in [0.717, 1.165) is 44.8 Å². The summed E-state index contributed by atoms with van der Waals surface area (Å²) < 4.78 is 25.2. The molecule has 0 unspecified atom stereocenters. The minimum atomic E-state index is -0.262. The van der Waals surface area contributed by atoms with E-state index in [1.54, 1.807) is 12.1 Å². The lowest BCUT2D eigenvalue weighted by molar-refractivity contribution is 0.306. The maximum Gasteiger partial charge on any atom is 0.129 e. The van der Waals surface area contributed by atoms with Crippen molar-refractivity contribution in [3.8, 4) is 17.2 Å². The monoisotopic (exact) mass is 447 g/mol. The fraction of sp³-hybridized carbons (Fsp3) is 0.0333. The minimum Gasteiger partial charge on any atom is -0.488 e. The van der Waals surface area contributed by atoms with Crippen LogP contribution in [0.4, 0.5) is 10.1 Å². The van der Waals surface area contributed by atoms with Crippen molar-refractivity contribution in [1.29, 1.82) is 0 Å². The first-order chi connectivity index (χ1) is 16.7. The third-order valence-corrected chi connectivity index (χ3v) is 5.40. The van der Waals surface area contributed by atoms with E-state index in [4.69, 9.17) is 14.5 Å². The Bertz CT molecular complexity index is 1410. The summed E-state index contributed by atoms with van der Waals surface area (Å²) in [5.74, 6) is 1.99. The number of benzene rings is 5. The van der Waals surface area contributed by atoms with Crippen molar-refractivity contribution in [2.45, 2.75) is 6.61 Å². The van der Waals surface area contributed by atoms with Crippen molar-refractivity contribution in [2.75, 3.05) is 0 Å². The van der Waals surface area contributed by atoms with Crippen molar-refractivity contribution >= 4 is 22.7 Å². The quantitative estimate of drug-likeness (QED) is 0.236. The average molecular weight is 448 g/mol. The van der Waals surface area contributed by atoms with E-state index in [1.165, 1.54) is 12.1 Å². The first kappa shape index (κ1) is 21.4. The van der Waals surface area contributed by atoms with Gasteiger partial charge >= 0.3 is 0 Å². The lowest BCUT2D eigenvalue weighted by Gasteiger charge is -2.12. The fourth-order valence-corrected chi connectivity index (χ4v) is 3.64. The Morgan fingerprint density at radius 2 is 1.38 bits per heavy atom. The largest absolute Gasteiger partial charge is 0.488 e. The molecule has 0 fully saturated rings. The second-order valence-corrected chi connectivity index (χ2v) is 7.78. The first-order valence-electron chi connectivity index (χ1n) is 11.0. The Hall–Kier alpha value is -4.44. The molecule has 4 heteroatoms. The first-order valence-corrected chi connectivity index (χ1v) is 11.0. The summed E-state index contributed by atoms with van der Waals surface area (Å²) >= 11 is 0. The lowest BCUT2D eigenvalue weighted by atomic mass is 10.0. The SMILES string of the molecule is Fc1ccc(COc2ccc3ccccc3c2C=Nc2ccc(Oc3ccccc3)cc2)cc1. The van der Waals surface area contributed by atoms with Crippen molar-refractivity contribution in [3.05, 3.63) is 132 Å². The molecule has 5 aromatic carbocycles. The number of ether oxygens (including phenoxy) is 2. The molecule has 166 valence electrons. The lowest BCUT2D eigenvalue weighted by Crippen LogP contribution is -1.99.